The van der Waals surface area contributed by atoms with Crippen molar-refractivity contribution in [2.45, 2.75) is 27.7 Å². The van der Waals surface area contributed by atoms with Crippen molar-refractivity contribution in [1.29, 1.82) is 0 Å². The lowest BCUT2D eigenvalue weighted by molar-refractivity contribution is 0.866. The Morgan fingerprint density at radius 1 is 0.613 bits per heavy atom. The molecule has 0 unspecified atom stereocenters. The Labute approximate surface area is 185 Å². The van der Waals surface area contributed by atoms with E-state index in [0.29, 0.717) is 0 Å². The zero-order valence-corrected chi connectivity index (χ0v) is 19.0. The summed E-state index contributed by atoms with van der Waals surface area (Å²) >= 11 is 0. The predicted octanol–water partition coefficient (Wildman–Crippen LogP) is 6.59. The molecular weight excluding hydrogens is 380 g/mol. The largest absolute Gasteiger partial charge is 0.372 e. The van der Waals surface area contributed by atoms with E-state index in [2.05, 4.69) is 109 Å². The van der Waals surface area contributed by atoms with Crippen molar-refractivity contribution in [2.75, 3.05) is 36.0 Å². The third kappa shape index (κ3) is 4.29. The number of anilines is 2. The number of fused-ring (bicyclic) bond motifs is 1. The average molecular weight is 413 g/mol. The highest BCUT2D eigenvalue weighted by atomic mass is 15.1. The zero-order chi connectivity index (χ0) is 21.8. The highest BCUT2D eigenvalue weighted by Crippen LogP contribution is 2.28. The number of nitrogens with zero attached hydrogens (tertiary/aromatic N) is 3. The molecular formula is C27H32N4. The predicted molar refractivity (Wildman–Crippen MR) is 134 cm³/mol. The number of nitrogens with one attached hydrogen (secondary N) is 1. The van der Waals surface area contributed by atoms with Gasteiger partial charge in [-0.05, 0) is 87.4 Å². The molecule has 1 heterocycles. The first-order valence-corrected chi connectivity index (χ1v) is 11.4. The number of aromatic amines is 1. The molecule has 0 aliphatic heterocycles. The standard InChI is InChI=1S/C27H32N4/c1-5-30(6-2)23-14-9-20(10-15-23)22-13-18-25-26(19-22)29-27(28-25)21-11-16-24(17-12-21)31(7-3)8-4/h9-19H,5-8H2,1-4H3,(H,28,29). The van der Waals surface area contributed by atoms with E-state index in [-0.39, 0.29) is 0 Å². The van der Waals surface area contributed by atoms with E-state index < -0.39 is 0 Å². The highest BCUT2D eigenvalue weighted by Gasteiger charge is 2.09. The van der Waals surface area contributed by atoms with Crippen molar-refractivity contribution < 1.29 is 0 Å². The monoisotopic (exact) mass is 412 g/mol. The fraction of sp³-hybridized carbons (Fsp3) is 0.296. The maximum Gasteiger partial charge on any atom is 0.138 e. The topological polar surface area (TPSA) is 35.2 Å². The van der Waals surface area contributed by atoms with Crippen LogP contribution in [0.4, 0.5) is 11.4 Å². The maximum absolute atomic E-state index is 4.82. The van der Waals surface area contributed by atoms with E-state index >= 15 is 0 Å². The van der Waals surface area contributed by atoms with Crippen LogP contribution in [-0.4, -0.2) is 36.1 Å². The minimum Gasteiger partial charge on any atom is -0.372 e. The fourth-order valence-corrected chi connectivity index (χ4v) is 4.20. The normalized spacial score (nSPS) is 11.1. The second-order valence-electron chi connectivity index (χ2n) is 7.76. The quantitative estimate of drug-likeness (QED) is 0.354. The van der Waals surface area contributed by atoms with Crippen LogP contribution in [0.2, 0.25) is 0 Å². The van der Waals surface area contributed by atoms with Crippen LogP contribution in [0.1, 0.15) is 27.7 Å². The molecule has 4 nitrogen and oxygen atoms in total. The SMILES string of the molecule is CCN(CC)c1ccc(-c2ccc3nc(-c4ccc(N(CC)CC)cc4)[nH]c3c2)cc1. The van der Waals surface area contributed by atoms with Crippen molar-refractivity contribution >= 4 is 22.4 Å². The summed E-state index contributed by atoms with van der Waals surface area (Å²) in [5.41, 5.74) is 8.10. The fourth-order valence-electron chi connectivity index (χ4n) is 4.20. The first-order chi connectivity index (χ1) is 15.2. The van der Waals surface area contributed by atoms with Crippen molar-refractivity contribution in [3.05, 3.63) is 66.7 Å². The van der Waals surface area contributed by atoms with E-state index in [1.54, 1.807) is 0 Å². The molecule has 0 spiro atoms. The Morgan fingerprint density at radius 3 is 1.61 bits per heavy atom. The van der Waals surface area contributed by atoms with Crippen LogP contribution in [0.15, 0.2) is 66.7 Å². The van der Waals surface area contributed by atoms with Crippen LogP contribution in [0.25, 0.3) is 33.5 Å². The lowest BCUT2D eigenvalue weighted by atomic mass is 10.0. The van der Waals surface area contributed by atoms with Gasteiger partial charge in [-0.3, -0.25) is 0 Å². The van der Waals surface area contributed by atoms with Crippen molar-refractivity contribution in [1.82, 2.24) is 9.97 Å². The van der Waals surface area contributed by atoms with E-state index in [1.807, 2.05) is 0 Å². The van der Waals surface area contributed by atoms with E-state index in [4.69, 9.17) is 4.98 Å². The molecule has 0 saturated carbocycles. The van der Waals surface area contributed by atoms with Gasteiger partial charge in [0.2, 0.25) is 0 Å². The van der Waals surface area contributed by atoms with Gasteiger partial charge in [0.25, 0.3) is 0 Å². The summed E-state index contributed by atoms with van der Waals surface area (Å²) < 4.78 is 0. The van der Waals surface area contributed by atoms with Gasteiger partial charge >= 0.3 is 0 Å². The summed E-state index contributed by atoms with van der Waals surface area (Å²) in [7, 11) is 0. The number of hydrogen-bond donors (Lipinski definition) is 1. The average Bonchev–Trinajstić information content (AvgIpc) is 3.25. The molecule has 4 aromatic rings. The van der Waals surface area contributed by atoms with Gasteiger partial charge in [0.05, 0.1) is 11.0 Å². The zero-order valence-electron chi connectivity index (χ0n) is 19.0. The number of benzene rings is 3. The first kappa shape index (κ1) is 21.0. The van der Waals surface area contributed by atoms with Crippen LogP contribution in [0.5, 0.6) is 0 Å². The Balaban J connectivity index is 1.60. The van der Waals surface area contributed by atoms with Gasteiger partial charge in [-0.2, -0.15) is 0 Å². The maximum atomic E-state index is 4.82. The summed E-state index contributed by atoms with van der Waals surface area (Å²) in [6, 6.07) is 24.0. The molecule has 0 bridgehead atoms. The second-order valence-corrected chi connectivity index (χ2v) is 7.76. The second kappa shape index (κ2) is 9.25. The highest BCUT2D eigenvalue weighted by molar-refractivity contribution is 5.85. The Kier molecular flexibility index (Phi) is 6.26. The molecule has 4 heteroatoms. The van der Waals surface area contributed by atoms with Gasteiger partial charge in [0.15, 0.2) is 0 Å². The molecule has 0 atom stereocenters. The van der Waals surface area contributed by atoms with Gasteiger partial charge in [-0.15, -0.1) is 0 Å². The number of rotatable bonds is 8. The van der Waals surface area contributed by atoms with Crippen LogP contribution in [0, 0.1) is 0 Å². The van der Waals surface area contributed by atoms with Gasteiger partial charge < -0.3 is 14.8 Å². The van der Waals surface area contributed by atoms with Crippen molar-refractivity contribution in [3.8, 4) is 22.5 Å². The molecule has 0 saturated heterocycles. The van der Waals surface area contributed by atoms with Crippen LogP contribution in [-0.2, 0) is 0 Å². The third-order valence-corrected chi connectivity index (χ3v) is 6.08. The molecule has 160 valence electrons. The van der Waals surface area contributed by atoms with Gasteiger partial charge in [-0.25, -0.2) is 4.98 Å². The Bertz CT molecular complexity index is 1060. The molecule has 1 aromatic heterocycles. The van der Waals surface area contributed by atoms with E-state index in [9.17, 15) is 0 Å². The minimum absolute atomic E-state index is 0.912. The lowest BCUT2D eigenvalue weighted by Gasteiger charge is -2.21. The molecule has 0 radical (unpaired) electrons. The molecule has 0 aliphatic rings. The first-order valence-electron chi connectivity index (χ1n) is 11.4. The molecule has 31 heavy (non-hydrogen) atoms. The summed E-state index contributed by atoms with van der Waals surface area (Å²) in [5, 5.41) is 0. The number of imidazole rings is 1. The smallest absolute Gasteiger partial charge is 0.138 e. The van der Waals surface area contributed by atoms with Crippen molar-refractivity contribution in [3.63, 3.8) is 0 Å². The number of hydrogen-bond acceptors (Lipinski definition) is 3. The van der Waals surface area contributed by atoms with Crippen LogP contribution in [0.3, 0.4) is 0 Å². The van der Waals surface area contributed by atoms with Crippen LogP contribution < -0.4 is 9.80 Å². The van der Waals surface area contributed by atoms with E-state index in [0.717, 1.165) is 48.6 Å². The van der Waals surface area contributed by atoms with Crippen molar-refractivity contribution in [2.24, 2.45) is 0 Å². The summed E-state index contributed by atoms with van der Waals surface area (Å²) in [6.07, 6.45) is 0. The van der Waals surface area contributed by atoms with Gasteiger partial charge in [0, 0.05) is 43.1 Å². The Hall–Kier alpha value is -3.27. The molecule has 0 fully saturated rings. The number of aromatic nitrogens is 2. The van der Waals surface area contributed by atoms with E-state index in [1.165, 1.54) is 22.5 Å². The summed E-state index contributed by atoms with van der Waals surface area (Å²) in [5.74, 6) is 0.912. The van der Waals surface area contributed by atoms with Gasteiger partial charge in [0.1, 0.15) is 5.82 Å². The summed E-state index contributed by atoms with van der Waals surface area (Å²) in [4.78, 5) is 13.0. The van der Waals surface area contributed by atoms with Crippen LogP contribution >= 0.6 is 0 Å². The lowest BCUT2D eigenvalue weighted by Crippen LogP contribution is -2.21. The molecule has 0 amide bonds. The van der Waals surface area contributed by atoms with Gasteiger partial charge in [-0.1, -0.05) is 18.2 Å². The molecule has 1 N–H and O–H groups in total. The Morgan fingerprint density at radius 2 is 1.10 bits per heavy atom. The number of H-pyrrole nitrogens is 1. The molecule has 0 aliphatic carbocycles. The molecule has 4 rings (SSSR count). The third-order valence-electron chi connectivity index (χ3n) is 6.08. The minimum atomic E-state index is 0.912. The molecule has 3 aromatic carbocycles. The summed E-state index contributed by atoms with van der Waals surface area (Å²) in [6.45, 7) is 12.8.